The van der Waals surface area contributed by atoms with Gasteiger partial charge in [-0.25, -0.2) is 4.79 Å². The molecule has 4 heteroatoms. The van der Waals surface area contributed by atoms with Crippen LogP contribution in [0.3, 0.4) is 0 Å². The minimum Gasteiger partial charge on any atom is -0.504 e. The highest BCUT2D eigenvalue weighted by molar-refractivity contribution is 5.90. The summed E-state index contributed by atoms with van der Waals surface area (Å²) < 4.78 is 6.20. The molecule has 1 aromatic carbocycles. The Morgan fingerprint density at radius 3 is 2.24 bits per heavy atom. The van der Waals surface area contributed by atoms with Crippen molar-refractivity contribution < 1.29 is 19.7 Å². The van der Waals surface area contributed by atoms with Gasteiger partial charge in [0.05, 0.1) is 5.56 Å². The first-order valence-electron chi connectivity index (χ1n) is 16.5. The third-order valence-electron chi connectivity index (χ3n) is 14.9. The summed E-state index contributed by atoms with van der Waals surface area (Å²) in [6, 6.07) is 4.19. The zero-order valence-corrected chi connectivity index (χ0v) is 26.7. The number of phenols is 2. The van der Waals surface area contributed by atoms with Gasteiger partial charge < -0.3 is 14.9 Å². The lowest BCUT2D eigenvalue weighted by Crippen LogP contribution is -2.66. The Labute approximate surface area is 248 Å². The van der Waals surface area contributed by atoms with Gasteiger partial charge in [-0.15, -0.1) is 0 Å². The Hall–Kier alpha value is -1.97. The van der Waals surface area contributed by atoms with Crippen molar-refractivity contribution in [3.8, 4) is 11.5 Å². The van der Waals surface area contributed by atoms with Gasteiger partial charge in [-0.05, 0) is 141 Å². The van der Waals surface area contributed by atoms with Gasteiger partial charge in [0.25, 0.3) is 0 Å². The summed E-state index contributed by atoms with van der Waals surface area (Å²) in [6.45, 7) is 22.0. The molecule has 0 saturated heterocycles. The van der Waals surface area contributed by atoms with E-state index in [1.165, 1.54) is 75.1 Å². The third-order valence-corrected chi connectivity index (χ3v) is 14.9. The van der Waals surface area contributed by atoms with Crippen LogP contribution in [0.4, 0.5) is 0 Å². The van der Waals surface area contributed by atoms with Crippen LogP contribution in [0.2, 0.25) is 0 Å². The van der Waals surface area contributed by atoms with Crippen LogP contribution in [0, 0.1) is 56.7 Å². The molecule has 0 heterocycles. The molecule has 5 aliphatic carbocycles. The first-order valence-corrected chi connectivity index (χ1v) is 16.5. The zero-order chi connectivity index (χ0) is 29.8. The van der Waals surface area contributed by atoms with E-state index in [1.54, 1.807) is 0 Å². The van der Waals surface area contributed by atoms with E-state index < -0.39 is 5.97 Å². The van der Waals surface area contributed by atoms with Gasteiger partial charge in [-0.1, -0.05) is 53.7 Å². The number of hydrogen-bond acceptors (Lipinski definition) is 4. The zero-order valence-electron chi connectivity index (χ0n) is 26.7. The molecule has 0 bridgehead atoms. The van der Waals surface area contributed by atoms with Crippen LogP contribution in [0.1, 0.15) is 123 Å². The van der Waals surface area contributed by atoms with Crippen molar-refractivity contribution in [2.75, 3.05) is 0 Å². The van der Waals surface area contributed by atoms with Crippen LogP contribution in [-0.2, 0) is 4.74 Å². The molecule has 0 unspecified atom stereocenters. The number of esters is 1. The van der Waals surface area contributed by atoms with E-state index in [0.717, 1.165) is 24.7 Å². The van der Waals surface area contributed by atoms with E-state index >= 15 is 0 Å². The quantitative estimate of drug-likeness (QED) is 0.219. The molecule has 0 aromatic heterocycles. The van der Waals surface area contributed by atoms with E-state index in [4.69, 9.17) is 4.74 Å². The first-order chi connectivity index (χ1) is 19.1. The molecule has 5 aliphatic rings. The monoisotopic (exact) mass is 562 g/mol. The SMILES string of the molecule is C=C(C)[C@@H]1CC[C@]2(C)CC[C@]3(C)[C@H](CC[C@@H]4[C@@]5(C)CC[C@H](OC(=O)c6ccc(O)c(O)c6)C(C)(C)[C@@H]5CC[C@]43C)[C@@H]12. The van der Waals surface area contributed by atoms with Crippen molar-refractivity contribution >= 4 is 5.97 Å². The molecule has 5 saturated carbocycles. The number of rotatable bonds is 3. The van der Waals surface area contributed by atoms with Crippen LogP contribution in [0.25, 0.3) is 0 Å². The van der Waals surface area contributed by atoms with Gasteiger partial charge in [-0.3, -0.25) is 0 Å². The summed E-state index contributed by atoms with van der Waals surface area (Å²) in [6.07, 6.45) is 12.4. The van der Waals surface area contributed by atoms with E-state index in [-0.39, 0.29) is 34.0 Å². The Balaban J connectivity index is 1.27. The van der Waals surface area contributed by atoms with Crippen molar-refractivity contribution in [1.82, 2.24) is 0 Å². The fourth-order valence-corrected chi connectivity index (χ4v) is 12.5. The number of carbonyl (C=O) groups is 1. The van der Waals surface area contributed by atoms with Crippen LogP contribution in [0.15, 0.2) is 30.4 Å². The number of phenolic OH excluding ortho intramolecular Hbond substituents is 2. The van der Waals surface area contributed by atoms with Crippen LogP contribution in [0.5, 0.6) is 11.5 Å². The molecule has 2 N–H and O–H groups in total. The molecule has 5 fully saturated rings. The van der Waals surface area contributed by atoms with Gasteiger partial charge in [0.15, 0.2) is 11.5 Å². The van der Waals surface area contributed by atoms with Gasteiger partial charge in [0.2, 0.25) is 0 Å². The molecule has 10 atom stereocenters. The van der Waals surface area contributed by atoms with Gasteiger partial charge in [-0.2, -0.15) is 0 Å². The van der Waals surface area contributed by atoms with E-state index in [0.29, 0.717) is 34.0 Å². The second kappa shape index (κ2) is 9.26. The maximum Gasteiger partial charge on any atom is 0.338 e. The molecule has 0 aliphatic heterocycles. The summed E-state index contributed by atoms with van der Waals surface area (Å²) in [5.41, 5.74) is 2.97. The summed E-state index contributed by atoms with van der Waals surface area (Å²) in [7, 11) is 0. The minimum atomic E-state index is -0.412. The Bertz CT molecular complexity index is 1250. The fraction of sp³-hybridized carbons (Fsp3) is 0.757. The lowest BCUT2D eigenvalue weighted by molar-refractivity contribution is -0.246. The summed E-state index contributed by atoms with van der Waals surface area (Å²) in [5, 5.41) is 19.6. The van der Waals surface area contributed by atoms with E-state index in [2.05, 4.69) is 55.0 Å². The van der Waals surface area contributed by atoms with Crippen molar-refractivity contribution in [3.63, 3.8) is 0 Å². The molecular weight excluding hydrogens is 508 g/mol. The van der Waals surface area contributed by atoms with Crippen LogP contribution in [-0.4, -0.2) is 22.3 Å². The van der Waals surface area contributed by atoms with Crippen LogP contribution < -0.4 is 0 Å². The molecular formula is C37H54O4. The summed E-state index contributed by atoms with van der Waals surface area (Å²) in [5.74, 6) is 2.52. The van der Waals surface area contributed by atoms with Crippen molar-refractivity contribution in [1.29, 1.82) is 0 Å². The van der Waals surface area contributed by atoms with Crippen molar-refractivity contribution in [2.24, 2.45) is 56.7 Å². The Kier molecular flexibility index (Phi) is 6.58. The minimum absolute atomic E-state index is 0.137. The number of aromatic hydroxyl groups is 2. The van der Waals surface area contributed by atoms with E-state index in [9.17, 15) is 15.0 Å². The van der Waals surface area contributed by atoms with Gasteiger partial charge >= 0.3 is 5.97 Å². The molecule has 1 aromatic rings. The molecule has 226 valence electrons. The predicted octanol–water partition coefficient (Wildman–Crippen LogP) is 9.30. The maximum absolute atomic E-state index is 13.2. The largest absolute Gasteiger partial charge is 0.504 e. The molecule has 0 radical (unpaired) electrons. The molecule has 41 heavy (non-hydrogen) atoms. The number of allylic oxidation sites excluding steroid dienone is 1. The molecule has 0 amide bonds. The topological polar surface area (TPSA) is 66.8 Å². The predicted molar refractivity (Wildman–Crippen MR) is 164 cm³/mol. The van der Waals surface area contributed by atoms with Crippen molar-refractivity contribution in [3.05, 3.63) is 35.9 Å². The van der Waals surface area contributed by atoms with Gasteiger partial charge in [0.1, 0.15) is 6.10 Å². The number of hydrogen-bond donors (Lipinski definition) is 2. The number of carbonyl (C=O) groups excluding carboxylic acids is 1. The second-order valence-corrected chi connectivity index (χ2v) is 16.8. The third kappa shape index (κ3) is 3.93. The highest BCUT2D eigenvalue weighted by Crippen LogP contribution is 2.77. The number of fused-ring (bicyclic) bond motifs is 7. The number of benzene rings is 1. The van der Waals surface area contributed by atoms with Crippen molar-refractivity contribution in [2.45, 2.75) is 119 Å². The average molecular weight is 563 g/mol. The summed E-state index contributed by atoms with van der Waals surface area (Å²) >= 11 is 0. The normalized spacial score (nSPS) is 46.4. The fourth-order valence-electron chi connectivity index (χ4n) is 12.5. The lowest BCUT2D eigenvalue weighted by Gasteiger charge is -2.73. The Morgan fingerprint density at radius 2 is 1.56 bits per heavy atom. The average Bonchev–Trinajstić information content (AvgIpc) is 3.25. The molecule has 6 rings (SSSR count). The highest BCUT2D eigenvalue weighted by Gasteiger charge is 2.70. The maximum atomic E-state index is 13.2. The summed E-state index contributed by atoms with van der Waals surface area (Å²) in [4.78, 5) is 13.2. The van der Waals surface area contributed by atoms with Crippen LogP contribution >= 0.6 is 0 Å². The Morgan fingerprint density at radius 1 is 0.829 bits per heavy atom. The van der Waals surface area contributed by atoms with E-state index in [1.807, 2.05) is 0 Å². The smallest absolute Gasteiger partial charge is 0.338 e. The molecule has 4 nitrogen and oxygen atoms in total. The highest BCUT2D eigenvalue weighted by atomic mass is 16.5. The molecule has 0 spiro atoms. The number of ether oxygens (including phenoxy) is 1. The lowest BCUT2D eigenvalue weighted by atomic mass is 9.32. The standard InChI is InChI=1S/C37H54O4/c1-22(2)24-13-16-34(5)19-20-36(7)25(31(24)34)10-12-29-35(6)17-15-30(33(3,4)28(35)14-18-37(29,36)8)41-32(40)23-9-11-26(38)27(39)21-23/h9,11,21,24-25,28-31,38-39H,1,10,12-20H2,2-8H3/t24-,25+,28-,29+,30-,31+,34+,35-,36+,37+/m0/s1. The second-order valence-electron chi connectivity index (χ2n) is 16.8. The van der Waals surface area contributed by atoms with Gasteiger partial charge in [0, 0.05) is 5.41 Å². The first kappa shape index (κ1) is 29.1.